The van der Waals surface area contributed by atoms with E-state index in [-0.39, 0.29) is 5.91 Å². The van der Waals surface area contributed by atoms with Crippen LogP contribution in [-0.4, -0.2) is 28.5 Å². The van der Waals surface area contributed by atoms with Gasteiger partial charge in [-0.05, 0) is 62.1 Å². The smallest absolute Gasteiger partial charge is 0.255 e. The number of aryl methyl sites for hydroxylation is 1. The van der Waals surface area contributed by atoms with Gasteiger partial charge in [-0.2, -0.15) is 0 Å². The van der Waals surface area contributed by atoms with Gasteiger partial charge in [0, 0.05) is 29.5 Å². The summed E-state index contributed by atoms with van der Waals surface area (Å²) < 4.78 is 2.20. The number of likely N-dealkylation sites (tertiary alicyclic amines) is 1. The van der Waals surface area contributed by atoms with Crippen LogP contribution in [0.2, 0.25) is 5.02 Å². The summed E-state index contributed by atoms with van der Waals surface area (Å²) in [5, 5.41) is 0.706. The van der Waals surface area contributed by atoms with Crippen molar-refractivity contribution in [1.82, 2.24) is 9.47 Å². The van der Waals surface area contributed by atoms with Crippen LogP contribution in [0.5, 0.6) is 0 Å². The lowest BCUT2D eigenvalue weighted by Gasteiger charge is -2.16. The molecule has 2 aromatic carbocycles. The predicted molar refractivity (Wildman–Crippen MR) is 111 cm³/mol. The van der Waals surface area contributed by atoms with Gasteiger partial charge in [-0.1, -0.05) is 41.9 Å². The van der Waals surface area contributed by atoms with E-state index in [1.165, 1.54) is 5.56 Å². The molecular formula is C23H23ClN2O. The van der Waals surface area contributed by atoms with Crippen molar-refractivity contribution in [3.8, 4) is 16.9 Å². The highest BCUT2D eigenvalue weighted by Crippen LogP contribution is 2.32. The van der Waals surface area contributed by atoms with Gasteiger partial charge in [-0.3, -0.25) is 4.79 Å². The number of hydrogen-bond acceptors (Lipinski definition) is 1. The summed E-state index contributed by atoms with van der Waals surface area (Å²) in [5.74, 6) is 0.132. The molecule has 0 spiro atoms. The zero-order chi connectivity index (χ0) is 19.0. The Kier molecular flexibility index (Phi) is 4.79. The predicted octanol–water partition coefficient (Wildman–Crippen LogP) is 5.65. The van der Waals surface area contributed by atoms with Crippen LogP contribution in [0.15, 0.2) is 54.6 Å². The molecule has 4 heteroatoms. The maximum Gasteiger partial charge on any atom is 0.255 e. The van der Waals surface area contributed by atoms with E-state index in [1.54, 1.807) is 0 Å². The molecule has 0 bridgehead atoms. The lowest BCUT2D eigenvalue weighted by molar-refractivity contribution is 0.0792. The minimum atomic E-state index is 0.132. The van der Waals surface area contributed by atoms with Crippen molar-refractivity contribution in [2.45, 2.75) is 26.7 Å². The molecule has 1 amide bonds. The van der Waals surface area contributed by atoms with Crippen LogP contribution in [0.4, 0.5) is 0 Å². The first-order valence-corrected chi connectivity index (χ1v) is 9.77. The lowest BCUT2D eigenvalue weighted by atomic mass is 10.1. The van der Waals surface area contributed by atoms with E-state index in [4.69, 9.17) is 11.6 Å². The van der Waals surface area contributed by atoms with E-state index in [2.05, 4.69) is 23.6 Å². The van der Waals surface area contributed by atoms with Gasteiger partial charge < -0.3 is 9.47 Å². The first-order chi connectivity index (χ1) is 13.1. The molecule has 1 aliphatic heterocycles. The first kappa shape index (κ1) is 17.9. The largest absolute Gasteiger partial charge is 0.339 e. The second-order valence-electron chi connectivity index (χ2n) is 7.16. The van der Waals surface area contributed by atoms with Gasteiger partial charge in [0.2, 0.25) is 0 Å². The van der Waals surface area contributed by atoms with Crippen LogP contribution in [0.25, 0.3) is 16.9 Å². The molecule has 3 nitrogen and oxygen atoms in total. The van der Waals surface area contributed by atoms with Gasteiger partial charge in [0.15, 0.2) is 0 Å². The zero-order valence-electron chi connectivity index (χ0n) is 15.7. The Morgan fingerprint density at radius 2 is 1.63 bits per heavy atom. The number of para-hydroxylation sites is 1. The van der Waals surface area contributed by atoms with Crippen molar-refractivity contribution in [3.05, 3.63) is 76.4 Å². The molecule has 4 rings (SSSR count). The van der Waals surface area contributed by atoms with Crippen LogP contribution < -0.4 is 0 Å². The Morgan fingerprint density at radius 1 is 0.963 bits per heavy atom. The van der Waals surface area contributed by atoms with E-state index in [0.29, 0.717) is 5.02 Å². The molecule has 0 unspecified atom stereocenters. The number of rotatable bonds is 3. The number of nitrogens with zero attached hydrogens (tertiary/aromatic N) is 2. The summed E-state index contributed by atoms with van der Waals surface area (Å²) in [5.41, 5.74) is 6.09. The number of hydrogen-bond donors (Lipinski definition) is 0. The summed E-state index contributed by atoms with van der Waals surface area (Å²) in [4.78, 5) is 15.1. The molecule has 1 fully saturated rings. The van der Waals surface area contributed by atoms with E-state index >= 15 is 0 Å². The Bertz CT molecular complexity index is 982. The SMILES string of the molecule is Cc1ccccc1-n1c(-c2ccc(Cl)cc2)cc(C(=O)N2CCCC2)c1C. The van der Waals surface area contributed by atoms with E-state index in [9.17, 15) is 4.79 Å². The average molecular weight is 379 g/mol. The molecule has 0 aliphatic carbocycles. The number of aromatic nitrogens is 1. The Balaban J connectivity index is 1.90. The zero-order valence-corrected chi connectivity index (χ0v) is 16.5. The molecule has 138 valence electrons. The second-order valence-corrected chi connectivity index (χ2v) is 7.59. The van der Waals surface area contributed by atoms with Gasteiger partial charge >= 0.3 is 0 Å². The molecule has 27 heavy (non-hydrogen) atoms. The highest BCUT2D eigenvalue weighted by atomic mass is 35.5. The third-order valence-electron chi connectivity index (χ3n) is 5.37. The quantitative estimate of drug-likeness (QED) is 0.578. The maximum atomic E-state index is 13.1. The normalized spacial score (nSPS) is 14.0. The Labute approximate surface area is 165 Å². The van der Waals surface area contributed by atoms with Gasteiger partial charge in [-0.15, -0.1) is 0 Å². The maximum absolute atomic E-state index is 13.1. The van der Waals surface area contributed by atoms with Crippen molar-refractivity contribution in [1.29, 1.82) is 0 Å². The topological polar surface area (TPSA) is 25.2 Å². The average Bonchev–Trinajstić information content (AvgIpc) is 3.31. The minimum Gasteiger partial charge on any atom is -0.339 e. The van der Waals surface area contributed by atoms with Crippen LogP contribution in [-0.2, 0) is 0 Å². The van der Waals surface area contributed by atoms with Crippen molar-refractivity contribution in [2.24, 2.45) is 0 Å². The van der Waals surface area contributed by atoms with Gasteiger partial charge in [0.1, 0.15) is 0 Å². The number of carbonyl (C=O) groups is 1. The fourth-order valence-corrected chi connectivity index (χ4v) is 4.00. The second kappa shape index (κ2) is 7.24. The molecule has 0 saturated carbocycles. The summed E-state index contributed by atoms with van der Waals surface area (Å²) >= 11 is 6.09. The number of benzene rings is 2. The molecule has 0 N–H and O–H groups in total. The molecule has 3 aromatic rings. The highest BCUT2D eigenvalue weighted by Gasteiger charge is 2.25. The molecule has 0 radical (unpaired) electrons. The minimum absolute atomic E-state index is 0.132. The van der Waals surface area contributed by atoms with E-state index in [1.807, 2.05) is 54.3 Å². The number of amides is 1. The summed E-state index contributed by atoms with van der Waals surface area (Å²) in [6.45, 7) is 5.84. The molecule has 2 heterocycles. The monoisotopic (exact) mass is 378 g/mol. The Morgan fingerprint density at radius 3 is 2.30 bits per heavy atom. The lowest BCUT2D eigenvalue weighted by Crippen LogP contribution is -2.27. The van der Waals surface area contributed by atoms with Gasteiger partial charge in [0.25, 0.3) is 5.91 Å². The van der Waals surface area contributed by atoms with Crippen molar-refractivity contribution < 1.29 is 4.79 Å². The van der Waals surface area contributed by atoms with Crippen molar-refractivity contribution in [2.75, 3.05) is 13.1 Å². The molecule has 0 atom stereocenters. The van der Waals surface area contributed by atoms with E-state index in [0.717, 1.165) is 54.1 Å². The van der Waals surface area contributed by atoms with Gasteiger partial charge in [0.05, 0.1) is 11.3 Å². The molecule has 1 aromatic heterocycles. The van der Waals surface area contributed by atoms with Gasteiger partial charge in [-0.25, -0.2) is 0 Å². The Hall–Kier alpha value is -2.52. The summed E-state index contributed by atoms with van der Waals surface area (Å²) in [6, 6.07) is 18.1. The fourth-order valence-electron chi connectivity index (χ4n) is 3.87. The molecular weight excluding hydrogens is 356 g/mol. The summed E-state index contributed by atoms with van der Waals surface area (Å²) in [6.07, 6.45) is 2.18. The van der Waals surface area contributed by atoms with Crippen LogP contribution in [0.3, 0.4) is 0 Å². The highest BCUT2D eigenvalue weighted by molar-refractivity contribution is 6.30. The molecule has 1 saturated heterocycles. The third kappa shape index (κ3) is 3.28. The third-order valence-corrected chi connectivity index (χ3v) is 5.62. The summed E-state index contributed by atoms with van der Waals surface area (Å²) in [7, 11) is 0. The number of carbonyl (C=O) groups excluding carboxylic acids is 1. The fraction of sp³-hybridized carbons (Fsp3) is 0.261. The van der Waals surface area contributed by atoms with Crippen LogP contribution in [0.1, 0.15) is 34.5 Å². The van der Waals surface area contributed by atoms with Crippen LogP contribution in [0, 0.1) is 13.8 Å². The first-order valence-electron chi connectivity index (χ1n) is 9.40. The van der Waals surface area contributed by atoms with E-state index < -0.39 is 0 Å². The van der Waals surface area contributed by atoms with Crippen LogP contribution >= 0.6 is 11.6 Å². The molecule has 1 aliphatic rings. The number of halogens is 1. The standard InChI is InChI=1S/C23H23ClN2O/c1-16-7-3-4-8-21(16)26-17(2)20(23(27)25-13-5-6-14-25)15-22(26)18-9-11-19(24)12-10-18/h3-4,7-12,15H,5-6,13-14H2,1-2H3. The van der Waals surface area contributed by atoms with Crippen molar-refractivity contribution in [3.63, 3.8) is 0 Å². The van der Waals surface area contributed by atoms with Crippen molar-refractivity contribution >= 4 is 17.5 Å².